The van der Waals surface area contributed by atoms with Crippen molar-refractivity contribution in [3.05, 3.63) is 59.1 Å². The summed E-state index contributed by atoms with van der Waals surface area (Å²) in [4.78, 5) is 12.1. The summed E-state index contributed by atoms with van der Waals surface area (Å²) in [5.74, 6) is 1.65. The van der Waals surface area contributed by atoms with Crippen molar-refractivity contribution in [2.45, 2.75) is 12.8 Å². The quantitative estimate of drug-likeness (QED) is 0.501. The lowest BCUT2D eigenvalue weighted by Gasteiger charge is -2.22. The minimum atomic E-state index is -0.112. The van der Waals surface area contributed by atoms with E-state index in [-0.39, 0.29) is 12.5 Å². The summed E-state index contributed by atoms with van der Waals surface area (Å²) in [7, 11) is 1.63. The van der Waals surface area contributed by atoms with Crippen molar-refractivity contribution in [2.75, 3.05) is 33.5 Å². The molecule has 7 nitrogen and oxygen atoms in total. The Kier molecular flexibility index (Phi) is 7.44. The first-order chi connectivity index (χ1) is 15.6. The zero-order chi connectivity index (χ0) is 22.3. The van der Waals surface area contributed by atoms with E-state index in [1.165, 1.54) is 0 Å². The van der Waals surface area contributed by atoms with E-state index in [2.05, 4.69) is 26.3 Å². The minimum Gasteiger partial charge on any atom is -0.484 e. The van der Waals surface area contributed by atoms with Crippen LogP contribution >= 0.6 is 15.9 Å². The van der Waals surface area contributed by atoms with E-state index in [9.17, 15) is 4.79 Å². The van der Waals surface area contributed by atoms with Crippen LogP contribution in [-0.4, -0.2) is 49.2 Å². The van der Waals surface area contributed by atoms with Crippen molar-refractivity contribution >= 4 is 21.8 Å². The van der Waals surface area contributed by atoms with E-state index in [4.69, 9.17) is 14.2 Å². The number of amides is 1. The van der Waals surface area contributed by atoms with Gasteiger partial charge in [0.15, 0.2) is 6.61 Å². The summed E-state index contributed by atoms with van der Waals surface area (Å²) in [5, 5.41) is 7.63. The lowest BCUT2D eigenvalue weighted by molar-refractivity contribution is -0.123. The van der Waals surface area contributed by atoms with Crippen molar-refractivity contribution in [1.82, 2.24) is 15.1 Å². The number of rotatable bonds is 8. The topological polar surface area (TPSA) is 74.6 Å². The fourth-order valence-electron chi connectivity index (χ4n) is 3.55. The van der Waals surface area contributed by atoms with Gasteiger partial charge in [-0.2, -0.15) is 5.10 Å². The highest BCUT2D eigenvalue weighted by Gasteiger charge is 2.15. The van der Waals surface area contributed by atoms with Gasteiger partial charge in [0.1, 0.15) is 5.75 Å². The van der Waals surface area contributed by atoms with Gasteiger partial charge in [0, 0.05) is 35.9 Å². The molecule has 0 unspecified atom stereocenters. The molecule has 0 aliphatic carbocycles. The summed E-state index contributed by atoms with van der Waals surface area (Å²) in [6, 6.07) is 17.3. The Bertz CT molecular complexity index is 1030. The molecule has 0 atom stereocenters. The number of methoxy groups -OCH3 is 1. The second-order valence-electron chi connectivity index (χ2n) is 7.63. The van der Waals surface area contributed by atoms with Gasteiger partial charge < -0.3 is 19.5 Å². The summed E-state index contributed by atoms with van der Waals surface area (Å²) in [6.45, 7) is 2.22. The third-order valence-corrected chi connectivity index (χ3v) is 5.93. The van der Waals surface area contributed by atoms with Crippen molar-refractivity contribution in [3.63, 3.8) is 0 Å². The van der Waals surface area contributed by atoms with Gasteiger partial charge >= 0.3 is 0 Å². The zero-order valence-electron chi connectivity index (χ0n) is 17.9. The molecule has 0 saturated carbocycles. The second kappa shape index (κ2) is 10.7. The SMILES string of the molecule is COc1cc(-c2ccc(OCC(=O)NCC3CCOCC3)cc2)nn1-c1ccc(Br)cc1. The van der Waals surface area contributed by atoms with Crippen LogP contribution in [0.25, 0.3) is 16.9 Å². The minimum absolute atomic E-state index is 0.00537. The van der Waals surface area contributed by atoms with Gasteiger partial charge in [-0.05, 0) is 67.3 Å². The average Bonchev–Trinajstić information content (AvgIpc) is 3.27. The molecule has 3 aromatic rings. The Morgan fingerprint density at radius 3 is 2.56 bits per heavy atom. The van der Waals surface area contributed by atoms with E-state index in [1.807, 2.05) is 54.6 Å². The molecule has 1 aliphatic rings. The average molecular weight is 500 g/mol. The summed E-state index contributed by atoms with van der Waals surface area (Å²) >= 11 is 3.45. The molecule has 8 heteroatoms. The van der Waals surface area contributed by atoms with Gasteiger partial charge in [-0.15, -0.1) is 0 Å². The van der Waals surface area contributed by atoms with Gasteiger partial charge in [-0.3, -0.25) is 4.79 Å². The van der Waals surface area contributed by atoms with E-state index < -0.39 is 0 Å². The third kappa shape index (κ3) is 5.69. The first kappa shape index (κ1) is 22.4. The van der Waals surface area contributed by atoms with Crippen LogP contribution in [0.1, 0.15) is 12.8 Å². The van der Waals surface area contributed by atoms with Crippen LogP contribution in [-0.2, 0) is 9.53 Å². The second-order valence-corrected chi connectivity index (χ2v) is 8.55. The molecule has 1 fully saturated rings. The molecule has 1 saturated heterocycles. The van der Waals surface area contributed by atoms with Crippen LogP contribution in [0, 0.1) is 5.92 Å². The van der Waals surface area contributed by atoms with Crippen molar-refractivity contribution in [1.29, 1.82) is 0 Å². The van der Waals surface area contributed by atoms with Gasteiger partial charge in [-0.25, -0.2) is 4.68 Å². The Morgan fingerprint density at radius 2 is 1.88 bits per heavy atom. The van der Waals surface area contributed by atoms with Crippen molar-refractivity contribution in [3.8, 4) is 28.6 Å². The van der Waals surface area contributed by atoms with Crippen molar-refractivity contribution in [2.24, 2.45) is 5.92 Å². The Hall–Kier alpha value is -2.84. The number of halogens is 1. The molecule has 32 heavy (non-hydrogen) atoms. The number of nitrogens with zero attached hydrogens (tertiary/aromatic N) is 2. The standard InChI is InChI=1S/C24H26BrN3O4/c1-30-24-14-22(27-28(24)20-6-4-19(25)5-7-20)18-2-8-21(9-3-18)32-16-23(29)26-15-17-10-12-31-13-11-17/h2-9,14,17H,10-13,15-16H2,1H3,(H,26,29). The predicted molar refractivity (Wildman–Crippen MR) is 125 cm³/mol. The summed E-state index contributed by atoms with van der Waals surface area (Å²) in [5.41, 5.74) is 2.61. The van der Waals surface area contributed by atoms with Crippen LogP contribution in [0.15, 0.2) is 59.1 Å². The smallest absolute Gasteiger partial charge is 0.257 e. The first-order valence-electron chi connectivity index (χ1n) is 10.6. The summed E-state index contributed by atoms with van der Waals surface area (Å²) in [6.07, 6.45) is 1.98. The number of ether oxygens (including phenoxy) is 3. The molecule has 0 radical (unpaired) electrons. The molecule has 0 bridgehead atoms. The lowest BCUT2D eigenvalue weighted by Crippen LogP contribution is -2.35. The molecule has 2 heterocycles. The fraction of sp³-hybridized carbons (Fsp3) is 0.333. The maximum atomic E-state index is 12.1. The number of benzene rings is 2. The molecule has 1 amide bonds. The maximum Gasteiger partial charge on any atom is 0.257 e. The van der Waals surface area contributed by atoms with Crippen LogP contribution < -0.4 is 14.8 Å². The van der Waals surface area contributed by atoms with Gasteiger partial charge in [0.2, 0.25) is 5.88 Å². The van der Waals surface area contributed by atoms with E-state index in [1.54, 1.807) is 11.8 Å². The Labute approximate surface area is 195 Å². The number of carbonyl (C=O) groups excluding carboxylic acids is 1. The van der Waals surface area contributed by atoms with Gasteiger partial charge in [-0.1, -0.05) is 15.9 Å². The molecule has 1 aromatic heterocycles. The van der Waals surface area contributed by atoms with Crippen LogP contribution in [0.5, 0.6) is 11.6 Å². The normalized spacial score (nSPS) is 14.2. The fourth-order valence-corrected chi connectivity index (χ4v) is 3.81. The number of carbonyl (C=O) groups is 1. The highest BCUT2D eigenvalue weighted by molar-refractivity contribution is 9.10. The van der Waals surface area contributed by atoms with Gasteiger partial charge in [0.05, 0.1) is 18.5 Å². The number of aromatic nitrogens is 2. The monoisotopic (exact) mass is 499 g/mol. The molecule has 1 aliphatic heterocycles. The molecule has 0 spiro atoms. The number of hydrogen-bond donors (Lipinski definition) is 1. The number of nitrogens with one attached hydrogen (secondary N) is 1. The van der Waals surface area contributed by atoms with Gasteiger partial charge in [0.25, 0.3) is 5.91 Å². The van der Waals surface area contributed by atoms with Crippen LogP contribution in [0.2, 0.25) is 0 Å². The van der Waals surface area contributed by atoms with E-state index in [0.717, 1.165) is 47.5 Å². The molecule has 4 rings (SSSR count). The Balaban J connectivity index is 1.35. The Morgan fingerprint density at radius 1 is 1.16 bits per heavy atom. The molecule has 1 N–H and O–H groups in total. The van der Waals surface area contributed by atoms with Crippen LogP contribution in [0.3, 0.4) is 0 Å². The highest BCUT2D eigenvalue weighted by atomic mass is 79.9. The highest BCUT2D eigenvalue weighted by Crippen LogP contribution is 2.28. The molecular weight excluding hydrogens is 474 g/mol. The zero-order valence-corrected chi connectivity index (χ0v) is 19.5. The van der Waals surface area contributed by atoms with Crippen LogP contribution in [0.4, 0.5) is 0 Å². The lowest BCUT2D eigenvalue weighted by atomic mass is 10.0. The summed E-state index contributed by atoms with van der Waals surface area (Å²) < 4.78 is 19.2. The maximum absolute atomic E-state index is 12.1. The van der Waals surface area contributed by atoms with Crippen molar-refractivity contribution < 1.29 is 19.0 Å². The largest absolute Gasteiger partial charge is 0.484 e. The molecular formula is C24H26BrN3O4. The molecule has 168 valence electrons. The number of hydrogen-bond acceptors (Lipinski definition) is 5. The third-order valence-electron chi connectivity index (χ3n) is 5.41. The van der Waals surface area contributed by atoms with E-state index >= 15 is 0 Å². The van der Waals surface area contributed by atoms with E-state index in [0.29, 0.717) is 24.1 Å². The molecule has 2 aromatic carbocycles. The predicted octanol–water partition coefficient (Wildman–Crippen LogP) is 4.23. The first-order valence-corrected chi connectivity index (χ1v) is 11.4.